The zero-order valence-electron chi connectivity index (χ0n) is 14.1. The summed E-state index contributed by atoms with van der Waals surface area (Å²) in [7, 11) is 0. The Morgan fingerprint density at radius 2 is 1.65 bits per heavy atom. The quantitative estimate of drug-likeness (QED) is 0.890. The summed E-state index contributed by atoms with van der Waals surface area (Å²) < 4.78 is 39.0. The molecule has 2 heterocycles. The highest BCUT2D eigenvalue weighted by atomic mass is 19.4. The second-order valence-electron chi connectivity index (χ2n) is 6.18. The third kappa shape index (κ3) is 4.30. The molecule has 0 unspecified atom stereocenters. The molecule has 0 spiro atoms. The van der Waals surface area contributed by atoms with Crippen molar-refractivity contribution in [3.05, 3.63) is 47.7 Å². The highest BCUT2D eigenvalue weighted by Crippen LogP contribution is 2.34. The SMILES string of the molecule is O=C(Nc1ccccc1C(F)(F)F)c1ccc(N2CCCCCC2)nn1. The van der Waals surface area contributed by atoms with Gasteiger partial charge in [-0.2, -0.15) is 13.2 Å². The molecule has 1 aromatic carbocycles. The van der Waals surface area contributed by atoms with E-state index in [1.54, 1.807) is 6.07 Å². The second-order valence-corrected chi connectivity index (χ2v) is 6.18. The van der Waals surface area contributed by atoms with Crippen molar-refractivity contribution in [2.24, 2.45) is 0 Å². The summed E-state index contributed by atoms with van der Waals surface area (Å²) in [6.45, 7) is 1.78. The Morgan fingerprint density at radius 3 is 2.27 bits per heavy atom. The van der Waals surface area contributed by atoms with Crippen LogP contribution in [0.5, 0.6) is 0 Å². The normalized spacial score (nSPS) is 15.4. The summed E-state index contributed by atoms with van der Waals surface area (Å²) in [4.78, 5) is 14.4. The van der Waals surface area contributed by atoms with Gasteiger partial charge in [-0.15, -0.1) is 10.2 Å². The van der Waals surface area contributed by atoms with Crippen LogP contribution < -0.4 is 10.2 Å². The molecule has 1 amide bonds. The van der Waals surface area contributed by atoms with Gasteiger partial charge in [-0.3, -0.25) is 4.79 Å². The molecular formula is C18H19F3N4O. The lowest BCUT2D eigenvalue weighted by atomic mass is 10.1. The fraction of sp³-hybridized carbons (Fsp3) is 0.389. The van der Waals surface area contributed by atoms with Crippen molar-refractivity contribution >= 4 is 17.4 Å². The highest BCUT2D eigenvalue weighted by Gasteiger charge is 2.33. The first-order valence-electron chi connectivity index (χ1n) is 8.51. The van der Waals surface area contributed by atoms with Crippen molar-refractivity contribution in [1.29, 1.82) is 0 Å². The second kappa shape index (κ2) is 7.72. The average Bonchev–Trinajstić information content (AvgIpc) is 2.91. The Labute approximate surface area is 149 Å². The summed E-state index contributed by atoms with van der Waals surface area (Å²) in [6.07, 6.45) is -0.0193. The summed E-state index contributed by atoms with van der Waals surface area (Å²) in [5.41, 5.74) is -1.23. The minimum atomic E-state index is -4.55. The number of alkyl halides is 3. The fourth-order valence-electron chi connectivity index (χ4n) is 2.94. The van der Waals surface area contributed by atoms with E-state index in [4.69, 9.17) is 0 Å². The Kier molecular flexibility index (Phi) is 5.39. The lowest BCUT2D eigenvalue weighted by Gasteiger charge is -2.20. The van der Waals surface area contributed by atoms with Gasteiger partial charge in [0, 0.05) is 13.1 Å². The molecule has 0 aliphatic carbocycles. The maximum absolute atomic E-state index is 13.0. The van der Waals surface area contributed by atoms with Crippen molar-refractivity contribution in [2.45, 2.75) is 31.9 Å². The number of aromatic nitrogens is 2. The van der Waals surface area contributed by atoms with Gasteiger partial charge in [0.1, 0.15) is 0 Å². The van der Waals surface area contributed by atoms with Crippen LogP contribution in [-0.4, -0.2) is 29.2 Å². The van der Waals surface area contributed by atoms with Crippen LogP contribution in [0.25, 0.3) is 0 Å². The van der Waals surface area contributed by atoms with E-state index in [0.717, 1.165) is 32.0 Å². The molecule has 1 fully saturated rings. The van der Waals surface area contributed by atoms with Crippen molar-refractivity contribution < 1.29 is 18.0 Å². The molecule has 2 aromatic rings. The molecule has 0 radical (unpaired) electrons. The number of benzene rings is 1. The number of halogens is 3. The number of rotatable bonds is 3. The standard InChI is InChI=1S/C18H19F3N4O/c19-18(20,21)13-7-3-4-8-14(13)22-17(26)15-9-10-16(24-23-15)25-11-5-1-2-6-12-25/h3-4,7-10H,1-2,5-6,11-12H2,(H,22,26). The number of carbonyl (C=O) groups excluding carboxylic acids is 1. The zero-order chi connectivity index (χ0) is 18.6. The number of carbonyl (C=O) groups is 1. The molecule has 26 heavy (non-hydrogen) atoms. The van der Waals surface area contributed by atoms with Gasteiger partial charge < -0.3 is 10.2 Å². The number of nitrogens with one attached hydrogen (secondary N) is 1. The smallest absolute Gasteiger partial charge is 0.355 e. The highest BCUT2D eigenvalue weighted by molar-refractivity contribution is 6.03. The number of nitrogens with zero attached hydrogens (tertiary/aromatic N) is 3. The summed E-state index contributed by atoms with van der Waals surface area (Å²) in [5.74, 6) is -0.0456. The van der Waals surface area contributed by atoms with Crippen molar-refractivity contribution in [3.8, 4) is 0 Å². The van der Waals surface area contributed by atoms with E-state index in [9.17, 15) is 18.0 Å². The molecule has 8 heteroatoms. The number of anilines is 2. The van der Waals surface area contributed by atoms with Crippen LogP contribution in [0.15, 0.2) is 36.4 Å². The molecule has 1 saturated heterocycles. The van der Waals surface area contributed by atoms with Gasteiger partial charge in [-0.25, -0.2) is 0 Å². The molecule has 1 aliphatic heterocycles. The molecule has 3 rings (SSSR count). The lowest BCUT2D eigenvalue weighted by molar-refractivity contribution is -0.136. The summed E-state index contributed by atoms with van der Waals surface area (Å²) >= 11 is 0. The monoisotopic (exact) mass is 364 g/mol. The molecule has 0 bridgehead atoms. The Morgan fingerprint density at radius 1 is 0.962 bits per heavy atom. The van der Waals surface area contributed by atoms with Crippen molar-refractivity contribution in [2.75, 3.05) is 23.3 Å². The number of hydrogen-bond donors (Lipinski definition) is 1. The van der Waals surface area contributed by atoms with Gasteiger partial charge in [0.05, 0.1) is 11.3 Å². The minimum absolute atomic E-state index is 0.0273. The number of amides is 1. The van der Waals surface area contributed by atoms with E-state index in [0.29, 0.717) is 5.82 Å². The first-order chi connectivity index (χ1) is 12.4. The fourth-order valence-corrected chi connectivity index (χ4v) is 2.94. The van der Waals surface area contributed by atoms with Gasteiger partial charge in [0.2, 0.25) is 0 Å². The number of para-hydroxylation sites is 1. The van der Waals surface area contributed by atoms with Gasteiger partial charge in [0.25, 0.3) is 5.91 Å². The third-order valence-corrected chi connectivity index (χ3v) is 4.29. The minimum Gasteiger partial charge on any atom is -0.355 e. The predicted octanol–water partition coefficient (Wildman–Crippen LogP) is 4.13. The van der Waals surface area contributed by atoms with Crippen LogP contribution in [0, 0.1) is 0 Å². The van der Waals surface area contributed by atoms with Crippen LogP contribution >= 0.6 is 0 Å². The first kappa shape index (κ1) is 18.2. The lowest BCUT2D eigenvalue weighted by Crippen LogP contribution is -2.25. The van der Waals surface area contributed by atoms with Crippen LogP contribution in [-0.2, 0) is 6.18 Å². The maximum Gasteiger partial charge on any atom is 0.418 e. The summed E-state index contributed by atoms with van der Waals surface area (Å²) in [5, 5.41) is 10.2. The largest absolute Gasteiger partial charge is 0.418 e. The Bertz CT molecular complexity index is 754. The third-order valence-electron chi connectivity index (χ3n) is 4.29. The Balaban J connectivity index is 1.73. The van der Waals surface area contributed by atoms with E-state index < -0.39 is 17.6 Å². The van der Waals surface area contributed by atoms with Crippen LogP contribution in [0.2, 0.25) is 0 Å². The maximum atomic E-state index is 13.0. The molecule has 1 aromatic heterocycles. The van der Waals surface area contributed by atoms with E-state index >= 15 is 0 Å². The van der Waals surface area contributed by atoms with E-state index in [1.165, 1.54) is 37.1 Å². The first-order valence-corrected chi connectivity index (χ1v) is 8.51. The van der Waals surface area contributed by atoms with E-state index in [1.807, 2.05) is 0 Å². The summed E-state index contributed by atoms with van der Waals surface area (Å²) in [6, 6.07) is 8.00. The van der Waals surface area contributed by atoms with Gasteiger partial charge >= 0.3 is 6.18 Å². The van der Waals surface area contributed by atoms with Crippen LogP contribution in [0.3, 0.4) is 0 Å². The van der Waals surface area contributed by atoms with E-state index in [-0.39, 0.29) is 11.4 Å². The molecule has 5 nitrogen and oxygen atoms in total. The Hall–Kier alpha value is -2.64. The van der Waals surface area contributed by atoms with Gasteiger partial charge in [-0.1, -0.05) is 25.0 Å². The average molecular weight is 364 g/mol. The topological polar surface area (TPSA) is 58.1 Å². The van der Waals surface area contributed by atoms with Crippen LogP contribution in [0.4, 0.5) is 24.7 Å². The molecule has 1 aliphatic rings. The van der Waals surface area contributed by atoms with Gasteiger partial charge in [0.15, 0.2) is 11.5 Å². The molecule has 0 saturated carbocycles. The van der Waals surface area contributed by atoms with E-state index in [2.05, 4.69) is 20.4 Å². The zero-order valence-corrected chi connectivity index (χ0v) is 14.1. The molecule has 0 atom stereocenters. The number of hydrogen-bond acceptors (Lipinski definition) is 4. The molecule has 1 N–H and O–H groups in total. The van der Waals surface area contributed by atoms with Crippen molar-refractivity contribution in [3.63, 3.8) is 0 Å². The van der Waals surface area contributed by atoms with Gasteiger partial charge in [-0.05, 0) is 37.1 Å². The predicted molar refractivity (Wildman–Crippen MR) is 92.1 cm³/mol. The molecular weight excluding hydrogens is 345 g/mol. The van der Waals surface area contributed by atoms with Crippen molar-refractivity contribution in [1.82, 2.24) is 10.2 Å². The molecule has 138 valence electrons. The van der Waals surface area contributed by atoms with Crippen LogP contribution in [0.1, 0.15) is 41.7 Å².